The summed E-state index contributed by atoms with van der Waals surface area (Å²) in [5, 5.41) is 1.18. The summed E-state index contributed by atoms with van der Waals surface area (Å²) in [5.74, 6) is 0. The molecule has 0 N–H and O–H groups in total. The standard InChI is InChI=1S/C13H9Cl2/c14-12-8-4-7-11(13(12)15)9-10-5-2-1-3-6-10/h1-9H. The zero-order valence-corrected chi connectivity index (χ0v) is 9.46. The van der Waals surface area contributed by atoms with E-state index < -0.39 is 0 Å². The van der Waals surface area contributed by atoms with Gasteiger partial charge in [-0.1, -0.05) is 65.7 Å². The van der Waals surface area contributed by atoms with Crippen LogP contribution in [-0.2, 0) is 0 Å². The molecule has 0 spiro atoms. The zero-order valence-electron chi connectivity index (χ0n) is 7.95. The summed E-state index contributed by atoms with van der Waals surface area (Å²) in [5.41, 5.74) is 2.05. The third-order valence-electron chi connectivity index (χ3n) is 2.10. The molecule has 0 bridgehead atoms. The van der Waals surface area contributed by atoms with Crippen molar-refractivity contribution in [3.63, 3.8) is 0 Å². The van der Waals surface area contributed by atoms with Crippen molar-refractivity contribution >= 4 is 23.2 Å². The maximum atomic E-state index is 6.08. The predicted octanol–water partition coefficient (Wildman–Crippen LogP) is 4.59. The highest BCUT2D eigenvalue weighted by Gasteiger charge is 2.04. The Morgan fingerprint density at radius 3 is 2.27 bits per heavy atom. The molecule has 0 heterocycles. The topological polar surface area (TPSA) is 0 Å². The van der Waals surface area contributed by atoms with E-state index in [9.17, 15) is 0 Å². The fourth-order valence-electron chi connectivity index (χ4n) is 1.36. The molecule has 0 aliphatic rings. The van der Waals surface area contributed by atoms with Gasteiger partial charge in [0.2, 0.25) is 0 Å². The molecule has 0 aliphatic heterocycles. The minimum absolute atomic E-state index is 0.585. The van der Waals surface area contributed by atoms with Gasteiger partial charge in [-0.2, -0.15) is 0 Å². The Morgan fingerprint density at radius 1 is 0.800 bits per heavy atom. The van der Waals surface area contributed by atoms with Gasteiger partial charge in [0, 0.05) is 6.42 Å². The van der Waals surface area contributed by atoms with Gasteiger partial charge in [0.25, 0.3) is 0 Å². The van der Waals surface area contributed by atoms with Crippen molar-refractivity contribution in [1.82, 2.24) is 0 Å². The Bertz CT molecular complexity index is 449. The van der Waals surface area contributed by atoms with Crippen LogP contribution in [0, 0.1) is 6.42 Å². The lowest BCUT2D eigenvalue weighted by atomic mass is 10.1. The van der Waals surface area contributed by atoms with E-state index in [0.29, 0.717) is 10.0 Å². The molecule has 2 heteroatoms. The lowest BCUT2D eigenvalue weighted by Crippen LogP contribution is -1.86. The van der Waals surface area contributed by atoms with E-state index in [2.05, 4.69) is 0 Å². The number of rotatable bonds is 2. The van der Waals surface area contributed by atoms with Gasteiger partial charge in [-0.15, -0.1) is 0 Å². The van der Waals surface area contributed by atoms with Gasteiger partial charge in [0.1, 0.15) is 0 Å². The van der Waals surface area contributed by atoms with E-state index in [1.165, 1.54) is 0 Å². The van der Waals surface area contributed by atoms with Crippen molar-refractivity contribution in [3.05, 3.63) is 76.1 Å². The first kappa shape index (κ1) is 10.5. The van der Waals surface area contributed by atoms with Gasteiger partial charge in [-0.25, -0.2) is 0 Å². The highest BCUT2D eigenvalue weighted by Crippen LogP contribution is 2.28. The maximum Gasteiger partial charge on any atom is 0.0630 e. The summed E-state index contributed by atoms with van der Waals surface area (Å²) in [6, 6.07) is 15.6. The van der Waals surface area contributed by atoms with E-state index in [4.69, 9.17) is 23.2 Å². The van der Waals surface area contributed by atoms with Crippen molar-refractivity contribution in [2.45, 2.75) is 0 Å². The quantitative estimate of drug-likeness (QED) is 0.715. The number of hydrogen-bond acceptors (Lipinski definition) is 0. The van der Waals surface area contributed by atoms with Crippen molar-refractivity contribution in [2.24, 2.45) is 0 Å². The van der Waals surface area contributed by atoms with E-state index >= 15 is 0 Å². The molecule has 2 aromatic rings. The molecule has 2 aromatic carbocycles. The lowest BCUT2D eigenvalue weighted by Gasteiger charge is -2.04. The van der Waals surface area contributed by atoms with Gasteiger partial charge in [0.05, 0.1) is 10.0 Å². The van der Waals surface area contributed by atoms with Crippen LogP contribution < -0.4 is 0 Å². The summed E-state index contributed by atoms with van der Waals surface area (Å²) < 4.78 is 0. The molecule has 1 radical (unpaired) electrons. The van der Waals surface area contributed by atoms with Crippen molar-refractivity contribution < 1.29 is 0 Å². The van der Waals surface area contributed by atoms with Crippen LogP contribution in [0.5, 0.6) is 0 Å². The molecule has 2 rings (SSSR count). The number of halogens is 2. The minimum Gasteiger partial charge on any atom is -0.0827 e. The molecule has 0 saturated carbocycles. The highest BCUT2D eigenvalue weighted by molar-refractivity contribution is 6.42. The molecule has 0 nitrogen and oxygen atoms in total. The molecule has 0 amide bonds. The molecule has 15 heavy (non-hydrogen) atoms. The third kappa shape index (κ3) is 2.53. The molecular weight excluding hydrogens is 227 g/mol. The lowest BCUT2D eigenvalue weighted by molar-refractivity contribution is 1.43. The monoisotopic (exact) mass is 235 g/mol. The third-order valence-corrected chi connectivity index (χ3v) is 2.94. The Labute approximate surface area is 99.5 Å². The summed E-state index contributed by atoms with van der Waals surface area (Å²) in [7, 11) is 0. The van der Waals surface area contributed by atoms with E-state index in [-0.39, 0.29) is 0 Å². The summed E-state index contributed by atoms with van der Waals surface area (Å²) in [6.45, 7) is 0. The molecular formula is C13H9Cl2. The minimum atomic E-state index is 0.585. The fraction of sp³-hybridized carbons (Fsp3) is 0. The molecule has 0 aliphatic carbocycles. The zero-order chi connectivity index (χ0) is 10.7. The van der Waals surface area contributed by atoms with Gasteiger partial charge >= 0.3 is 0 Å². The first-order valence-corrected chi connectivity index (χ1v) is 5.37. The van der Waals surface area contributed by atoms with Crippen LogP contribution in [0.2, 0.25) is 10.0 Å². The van der Waals surface area contributed by atoms with Crippen LogP contribution in [0.15, 0.2) is 48.5 Å². The van der Waals surface area contributed by atoms with E-state index in [0.717, 1.165) is 11.1 Å². The highest BCUT2D eigenvalue weighted by atomic mass is 35.5. The van der Waals surface area contributed by atoms with Crippen LogP contribution in [0.25, 0.3) is 0 Å². The van der Waals surface area contributed by atoms with Crippen LogP contribution in [-0.4, -0.2) is 0 Å². The number of benzene rings is 2. The van der Waals surface area contributed by atoms with Crippen LogP contribution >= 0.6 is 23.2 Å². The van der Waals surface area contributed by atoms with E-state index in [1.807, 2.05) is 48.9 Å². The molecule has 75 valence electrons. The summed E-state index contributed by atoms with van der Waals surface area (Å²) in [4.78, 5) is 0. The van der Waals surface area contributed by atoms with Crippen molar-refractivity contribution in [2.75, 3.05) is 0 Å². The van der Waals surface area contributed by atoms with Crippen LogP contribution in [0.3, 0.4) is 0 Å². The Hall–Kier alpha value is -0.980. The van der Waals surface area contributed by atoms with Gasteiger partial charge in [-0.05, 0) is 17.2 Å². The summed E-state index contributed by atoms with van der Waals surface area (Å²) in [6.07, 6.45) is 2.01. The van der Waals surface area contributed by atoms with E-state index in [1.54, 1.807) is 6.07 Å². The van der Waals surface area contributed by atoms with Gasteiger partial charge < -0.3 is 0 Å². The van der Waals surface area contributed by atoms with Crippen LogP contribution in [0.1, 0.15) is 11.1 Å². The molecule has 0 saturated heterocycles. The molecule has 0 unspecified atom stereocenters. The molecule has 0 aromatic heterocycles. The van der Waals surface area contributed by atoms with Gasteiger partial charge in [-0.3, -0.25) is 0 Å². The SMILES string of the molecule is Clc1cccc([CH]c2ccccc2)c1Cl. The van der Waals surface area contributed by atoms with Crippen molar-refractivity contribution in [3.8, 4) is 0 Å². The second-order valence-corrected chi connectivity index (χ2v) is 3.98. The van der Waals surface area contributed by atoms with Crippen LogP contribution in [0.4, 0.5) is 0 Å². The first-order chi connectivity index (χ1) is 7.27. The normalized spacial score (nSPS) is 10.3. The molecule has 0 atom stereocenters. The Morgan fingerprint density at radius 2 is 1.53 bits per heavy atom. The predicted molar refractivity (Wildman–Crippen MR) is 65.4 cm³/mol. The van der Waals surface area contributed by atoms with Gasteiger partial charge in [0.15, 0.2) is 0 Å². The second-order valence-electron chi connectivity index (χ2n) is 3.20. The smallest absolute Gasteiger partial charge is 0.0630 e. The Balaban J connectivity index is 2.29. The molecule has 0 fully saturated rings. The average molecular weight is 236 g/mol. The largest absolute Gasteiger partial charge is 0.0827 e. The Kier molecular flexibility index (Phi) is 3.30. The summed E-state index contributed by atoms with van der Waals surface area (Å²) >= 11 is 12.0. The fourth-order valence-corrected chi connectivity index (χ4v) is 1.72. The second kappa shape index (κ2) is 4.69. The maximum absolute atomic E-state index is 6.08. The first-order valence-electron chi connectivity index (χ1n) is 4.61. The van der Waals surface area contributed by atoms with Crippen molar-refractivity contribution in [1.29, 1.82) is 0 Å². The average Bonchev–Trinajstić information content (AvgIpc) is 2.26. The number of hydrogen-bond donors (Lipinski definition) is 0.